The highest BCUT2D eigenvalue weighted by molar-refractivity contribution is 7.18. The first-order valence-corrected chi connectivity index (χ1v) is 7.09. The molecule has 5 nitrogen and oxygen atoms in total. The predicted molar refractivity (Wildman–Crippen MR) is 80.7 cm³/mol. The number of ketones is 1. The van der Waals surface area contributed by atoms with Crippen molar-refractivity contribution in [2.75, 3.05) is 13.7 Å². The summed E-state index contributed by atoms with van der Waals surface area (Å²) < 4.78 is 11.0. The number of hydrogen-bond donors (Lipinski definition) is 1. The third kappa shape index (κ3) is 3.96. The van der Waals surface area contributed by atoms with Gasteiger partial charge in [0, 0.05) is 11.6 Å². The molecule has 0 unspecified atom stereocenters. The summed E-state index contributed by atoms with van der Waals surface area (Å²) in [4.78, 5) is 23.6. The van der Waals surface area contributed by atoms with Gasteiger partial charge in [-0.2, -0.15) is 0 Å². The predicted octanol–water partition coefficient (Wildman–Crippen LogP) is 2.77. The van der Waals surface area contributed by atoms with E-state index in [1.54, 1.807) is 18.2 Å². The van der Waals surface area contributed by atoms with Crippen molar-refractivity contribution in [3.05, 3.63) is 45.1 Å². The summed E-state index contributed by atoms with van der Waals surface area (Å²) in [5, 5.41) is 0. The van der Waals surface area contributed by atoms with Crippen LogP contribution in [-0.4, -0.2) is 25.4 Å². The number of amides is 1. The highest BCUT2D eigenvalue weighted by atomic mass is 35.5. The number of ether oxygens (including phenoxy) is 2. The Labute approximate surface area is 130 Å². The highest BCUT2D eigenvalue weighted by Crippen LogP contribution is 2.24. The van der Waals surface area contributed by atoms with E-state index in [0.717, 1.165) is 0 Å². The van der Waals surface area contributed by atoms with Crippen LogP contribution in [0.3, 0.4) is 0 Å². The Morgan fingerprint density at radius 3 is 2.52 bits per heavy atom. The molecule has 2 N–H and O–H groups in total. The number of carbonyl (C=O) groups excluding carboxylic acids is 2. The molecule has 1 aromatic carbocycles. The Balaban J connectivity index is 2.10. The Morgan fingerprint density at radius 1 is 1.24 bits per heavy atom. The number of Topliss-reactive ketones (excluding diaryl/α,β-unsaturated/α-hetero) is 1. The number of rotatable bonds is 6. The number of hydrogen-bond acceptors (Lipinski definition) is 5. The van der Waals surface area contributed by atoms with Crippen molar-refractivity contribution in [3.8, 4) is 11.5 Å². The van der Waals surface area contributed by atoms with Gasteiger partial charge in [0.15, 0.2) is 6.61 Å². The summed E-state index contributed by atoms with van der Waals surface area (Å²) in [5.41, 5.74) is 5.47. The second kappa shape index (κ2) is 6.60. The molecule has 7 heteroatoms. The van der Waals surface area contributed by atoms with E-state index in [2.05, 4.69) is 0 Å². The summed E-state index contributed by atoms with van der Waals surface area (Å²) in [6, 6.07) is 7.81. The third-order valence-corrected chi connectivity index (χ3v) is 3.89. The number of thiophene rings is 1. The number of carbonyl (C=O) groups is 2. The minimum atomic E-state index is -0.602. The molecule has 21 heavy (non-hydrogen) atoms. The molecule has 0 saturated carbocycles. The molecular weight excluding hydrogens is 314 g/mol. The standard InChI is InChI=1S/C14H12ClNO4S/c1-19-9-4-8(14(16)18)5-10(6-9)20-7-11(17)12-2-3-13(15)21-12/h2-6H,7H2,1H3,(H2,16,18). The van der Waals surface area contributed by atoms with E-state index in [1.165, 1.54) is 30.6 Å². The molecule has 0 aliphatic carbocycles. The van der Waals surface area contributed by atoms with Crippen LogP contribution in [0.5, 0.6) is 11.5 Å². The summed E-state index contributed by atoms with van der Waals surface area (Å²) in [6.45, 7) is -0.164. The monoisotopic (exact) mass is 325 g/mol. The highest BCUT2D eigenvalue weighted by Gasteiger charge is 2.12. The molecule has 0 fully saturated rings. The Morgan fingerprint density at radius 2 is 1.95 bits per heavy atom. The molecule has 2 aromatic rings. The fraction of sp³-hybridized carbons (Fsp3) is 0.143. The molecule has 110 valence electrons. The second-order valence-electron chi connectivity index (χ2n) is 4.08. The maximum Gasteiger partial charge on any atom is 0.248 e. The van der Waals surface area contributed by atoms with E-state index in [4.69, 9.17) is 26.8 Å². The largest absolute Gasteiger partial charge is 0.497 e. The van der Waals surface area contributed by atoms with E-state index in [1.807, 2.05) is 0 Å². The molecule has 0 saturated heterocycles. The normalized spacial score (nSPS) is 10.2. The Kier molecular flexibility index (Phi) is 4.82. The lowest BCUT2D eigenvalue weighted by Gasteiger charge is -2.08. The van der Waals surface area contributed by atoms with Crippen LogP contribution in [0.15, 0.2) is 30.3 Å². The van der Waals surface area contributed by atoms with Crippen LogP contribution in [0.4, 0.5) is 0 Å². The Hall–Kier alpha value is -2.05. The SMILES string of the molecule is COc1cc(OCC(=O)c2ccc(Cl)s2)cc(C(N)=O)c1. The van der Waals surface area contributed by atoms with Gasteiger partial charge in [0.2, 0.25) is 11.7 Å². The van der Waals surface area contributed by atoms with Crippen LogP contribution in [0, 0.1) is 0 Å². The molecular formula is C14H12ClNO4S. The van der Waals surface area contributed by atoms with Gasteiger partial charge < -0.3 is 15.2 Å². The summed E-state index contributed by atoms with van der Waals surface area (Å²) in [6.07, 6.45) is 0. The number of benzene rings is 1. The lowest BCUT2D eigenvalue weighted by atomic mass is 10.2. The fourth-order valence-electron chi connectivity index (χ4n) is 1.60. The van der Waals surface area contributed by atoms with E-state index in [9.17, 15) is 9.59 Å². The van der Waals surface area contributed by atoms with Gasteiger partial charge in [0.1, 0.15) is 11.5 Å². The Bertz CT molecular complexity index is 683. The molecule has 1 aromatic heterocycles. The molecule has 0 aliphatic heterocycles. The lowest BCUT2D eigenvalue weighted by molar-refractivity contribution is 0.0925. The van der Waals surface area contributed by atoms with Crippen molar-refractivity contribution in [2.45, 2.75) is 0 Å². The molecule has 0 spiro atoms. The van der Waals surface area contributed by atoms with Crippen LogP contribution in [-0.2, 0) is 0 Å². The van der Waals surface area contributed by atoms with Gasteiger partial charge in [-0.1, -0.05) is 11.6 Å². The first kappa shape index (κ1) is 15.3. The topological polar surface area (TPSA) is 78.6 Å². The molecule has 0 bridgehead atoms. The van der Waals surface area contributed by atoms with Crippen LogP contribution >= 0.6 is 22.9 Å². The van der Waals surface area contributed by atoms with Crippen LogP contribution < -0.4 is 15.2 Å². The van der Waals surface area contributed by atoms with Gasteiger partial charge in [-0.15, -0.1) is 11.3 Å². The van der Waals surface area contributed by atoms with E-state index >= 15 is 0 Å². The maximum atomic E-state index is 11.9. The fourth-order valence-corrected chi connectivity index (χ4v) is 2.57. The number of methoxy groups -OCH3 is 1. The zero-order valence-corrected chi connectivity index (χ0v) is 12.7. The van der Waals surface area contributed by atoms with Gasteiger partial charge >= 0.3 is 0 Å². The van der Waals surface area contributed by atoms with Crippen molar-refractivity contribution in [2.24, 2.45) is 5.73 Å². The molecule has 0 radical (unpaired) electrons. The molecule has 0 aliphatic rings. The van der Waals surface area contributed by atoms with Gasteiger partial charge in [-0.3, -0.25) is 9.59 Å². The van der Waals surface area contributed by atoms with E-state index < -0.39 is 5.91 Å². The smallest absolute Gasteiger partial charge is 0.248 e. The van der Waals surface area contributed by atoms with Crippen molar-refractivity contribution in [1.29, 1.82) is 0 Å². The lowest BCUT2D eigenvalue weighted by Crippen LogP contribution is -2.13. The average molecular weight is 326 g/mol. The number of primary amides is 1. The second-order valence-corrected chi connectivity index (χ2v) is 5.79. The summed E-state index contributed by atoms with van der Waals surface area (Å²) in [5.74, 6) is -0.0440. The van der Waals surface area contributed by atoms with Gasteiger partial charge in [0.25, 0.3) is 0 Å². The zero-order chi connectivity index (χ0) is 15.4. The number of halogens is 1. The van der Waals surface area contributed by atoms with Gasteiger partial charge in [-0.05, 0) is 24.3 Å². The minimum Gasteiger partial charge on any atom is -0.497 e. The third-order valence-electron chi connectivity index (χ3n) is 2.62. The summed E-state index contributed by atoms with van der Waals surface area (Å²) >= 11 is 6.96. The molecule has 0 atom stereocenters. The average Bonchev–Trinajstić information content (AvgIpc) is 2.91. The van der Waals surface area contributed by atoms with Gasteiger partial charge in [0.05, 0.1) is 16.3 Å². The minimum absolute atomic E-state index is 0.164. The quantitative estimate of drug-likeness (QED) is 0.828. The molecule has 1 heterocycles. The van der Waals surface area contributed by atoms with E-state index in [-0.39, 0.29) is 18.0 Å². The first-order chi connectivity index (χ1) is 9.99. The number of nitrogens with two attached hydrogens (primary N) is 1. The van der Waals surface area contributed by atoms with Crippen LogP contribution in [0.1, 0.15) is 20.0 Å². The summed E-state index contributed by atoms with van der Waals surface area (Å²) in [7, 11) is 1.46. The van der Waals surface area contributed by atoms with Crippen LogP contribution in [0.25, 0.3) is 0 Å². The van der Waals surface area contributed by atoms with E-state index in [0.29, 0.717) is 20.7 Å². The van der Waals surface area contributed by atoms with Crippen molar-refractivity contribution in [1.82, 2.24) is 0 Å². The van der Waals surface area contributed by atoms with Crippen molar-refractivity contribution in [3.63, 3.8) is 0 Å². The van der Waals surface area contributed by atoms with Crippen LogP contribution in [0.2, 0.25) is 4.34 Å². The zero-order valence-electron chi connectivity index (χ0n) is 11.1. The van der Waals surface area contributed by atoms with Crippen molar-refractivity contribution >= 4 is 34.6 Å². The molecule has 1 amide bonds. The first-order valence-electron chi connectivity index (χ1n) is 5.90. The maximum absolute atomic E-state index is 11.9. The van der Waals surface area contributed by atoms with Crippen molar-refractivity contribution < 1.29 is 19.1 Å². The van der Waals surface area contributed by atoms with Gasteiger partial charge in [-0.25, -0.2) is 0 Å². The molecule has 2 rings (SSSR count).